The third-order valence-electron chi connectivity index (χ3n) is 1.81. The molecule has 1 amide bonds. The van der Waals surface area contributed by atoms with E-state index in [1.165, 1.54) is 19.9 Å². The maximum Gasteiger partial charge on any atom is 0.374 e. The molecule has 0 aromatic carbocycles. The molecule has 0 saturated carbocycles. The van der Waals surface area contributed by atoms with Crippen molar-refractivity contribution in [2.75, 3.05) is 13.2 Å². The van der Waals surface area contributed by atoms with Crippen molar-refractivity contribution in [2.45, 2.75) is 33.6 Å². The largest absolute Gasteiger partial charge is 0.460 e. The van der Waals surface area contributed by atoms with Gasteiger partial charge in [0.25, 0.3) is 0 Å². The molecule has 6 nitrogen and oxygen atoms in total. The van der Waals surface area contributed by atoms with E-state index in [-0.39, 0.29) is 18.3 Å². The number of nitrogens with one attached hydrogen (secondary N) is 1. The lowest BCUT2D eigenvalue weighted by atomic mass is 10.2. The monoisotopic (exact) mass is 257 g/mol. The molecule has 0 aromatic rings. The summed E-state index contributed by atoms with van der Waals surface area (Å²) in [7, 11) is 0. The minimum atomic E-state index is -0.660. The first-order valence-corrected chi connectivity index (χ1v) is 5.77. The minimum Gasteiger partial charge on any atom is -0.460 e. The second-order valence-electron chi connectivity index (χ2n) is 3.51. The highest BCUT2D eigenvalue weighted by atomic mass is 16.6. The molecule has 6 heteroatoms. The summed E-state index contributed by atoms with van der Waals surface area (Å²) in [6, 6.07) is 0. The summed E-state index contributed by atoms with van der Waals surface area (Å²) in [5.74, 6) is -1.44. The Bertz CT molecular complexity index is 335. The van der Waals surface area contributed by atoms with Gasteiger partial charge in [-0.2, -0.15) is 0 Å². The summed E-state index contributed by atoms with van der Waals surface area (Å²) in [6.07, 6.45) is 2.63. The van der Waals surface area contributed by atoms with Crippen molar-refractivity contribution < 1.29 is 23.9 Å². The van der Waals surface area contributed by atoms with Crippen LogP contribution in [0.3, 0.4) is 0 Å². The fourth-order valence-electron chi connectivity index (χ4n) is 1.12. The zero-order valence-corrected chi connectivity index (χ0v) is 10.9. The molecule has 0 saturated heterocycles. The summed E-state index contributed by atoms with van der Waals surface area (Å²) >= 11 is 0. The van der Waals surface area contributed by atoms with Crippen molar-refractivity contribution in [1.82, 2.24) is 5.32 Å². The van der Waals surface area contributed by atoms with E-state index in [2.05, 4.69) is 5.32 Å². The maximum atomic E-state index is 11.4. The van der Waals surface area contributed by atoms with E-state index in [9.17, 15) is 14.4 Å². The van der Waals surface area contributed by atoms with Crippen LogP contribution in [0.4, 0.5) is 0 Å². The quantitative estimate of drug-likeness (QED) is 0.317. The van der Waals surface area contributed by atoms with Gasteiger partial charge in [0.05, 0.1) is 6.61 Å². The number of ether oxygens (including phenoxy) is 2. The standard InChI is InChI=1S/C12H19NO5/c1-4-17-12(16)11(18-10(3)15)7-5-6-8-13-9(2)14/h7H,4-6,8H2,1-3H3,(H,13,14)/b11-7-. The summed E-state index contributed by atoms with van der Waals surface area (Å²) in [6.45, 7) is 5.02. The molecule has 0 heterocycles. The molecule has 0 spiro atoms. The Morgan fingerprint density at radius 3 is 2.39 bits per heavy atom. The van der Waals surface area contributed by atoms with Crippen molar-refractivity contribution in [1.29, 1.82) is 0 Å². The Morgan fingerprint density at radius 2 is 1.89 bits per heavy atom. The number of hydrogen-bond donors (Lipinski definition) is 1. The first-order chi connectivity index (χ1) is 8.47. The van der Waals surface area contributed by atoms with Crippen LogP contribution in [-0.4, -0.2) is 31.0 Å². The van der Waals surface area contributed by atoms with Crippen LogP contribution < -0.4 is 5.32 Å². The van der Waals surface area contributed by atoms with Crippen LogP contribution in [0.5, 0.6) is 0 Å². The lowest BCUT2D eigenvalue weighted by molar-refractivity contribution is -0.150. The van der Waals surface area contributed by atoms with Gasteiger partial charge in [0.15, 0.2) is 0 Å². The fraction of sp³-hybridized carbons (Fsp3) is 0.583. The molecule has 0 rings (SSSR count). The Kier molecular flexibility index (Phi) is 8.26. The Morgan fingerprint density at radius 1 is 1.22 bits per heavy atom. The topological polar surface area (TPSA) is 81.7 Å². The van der Waals surface area contributed by atoms with Crippen LogP contribution in [-0.2, 0) is 23.9 Å². The minimum absolute atomic E-state index is 0.104. The highest BCUT2D eigenvalue weighted by molar-refractivity contribution is 5.89. The molecule has 0 aliphatic rings. The van der Waals surface area contributed by atoms with E-state index in [1.807, 2.05) is 0 Å². The third-order valence-corrected chi connectivity index (χ3v) is 1.81. The summed E-state index contributed by atoms with van der Waals surface area (Å²) in [5, 5.41) is 2.62. The SMILES string of the molecule is CCOC(=O)/C(=C/CCCNC(C)=O)OC(C)=O. The molecule has 0 aliphatic carbocycles. The van der Waals surface area contributed by atoms with Crippen LogP contribution in [0.2, 0.25) is 0 Å². The van der Waals surface area contributed by atoms with E-state index in [1.54, 1.807) is 6.92 Å². The molecule has 0 unspecified atom stereocenters. The predicted octanol–water partition coefficient (Wildman–Crippen LogP) is 0.913. The first-order valence-electron chi connectivity index (χ1n) is 5.77. The summed E-state index contributed by atoms with van der Waals surface area (Å²) in [4.78, 5) is 32.8. The van der Waals surface area contributed by atoms with Crippen LogP contribution in [0, 0.1) is 0 Å². The Labute approximate surface area is 106 Å². The lowest BCUT2D eigenvalue weighted by Gasteiger charge is -2.06. The first kappa shape index (κ1) is 16.1. The molecule has 1 N–H and O–H groups in total. The van der Waals surface area contributed by atoms with Crippen molar-refractivity contribution in [3.05, 3.63) is 11.8 Å². The van der Waals surface area contributed by atoms with Crippen LogP contribution >= 0.6 is 0 Å². The average molecular weight is 257 g/mol. The molecule has 0 bridgehead atoms. The van der Waals surface area contributed by atoms with Gasteiger partial charge in [-0.1, -0.05) is 0 Å². The molecule has 0 atom stereocenters. The van der Waals surface area contributed by atoms with E-state index in [0.717, 1.165) is 0 Å². The number of rotatable bonds is 7. The number of carbonyl (C=O) groups excluding carboxylic acids is 3. The zero-order chi connectivity index (χ0) is 14.0. The average Bonchev–Trinajstić information content (AvgIpc) is 2.26. The van der Waals surface area contributed by atoms with Crippen LogP contribution in [0.1, 0.15) is 33.6 Å². The number of amides is 1. The predicted molar refractivity (Wildman–Crippen MR) is 64.4 cm³/mol. The number of carbonyl (C=O) groups is 3. The van der Waals surface area contributed by atoms with Gasteiger partial charge in [0.1, 0.15) is 0 Å². The molecular weight excluding hydrogens is 238 g/mol. The zero-order valence-electron chi connectivity index (χ0n) is 10.9. The molecule has 102 valence electrons. The van der Waals surface area contributed by atoms with Gasteiger partial charge < -0.3 is 14.8 Å². The number of hydrogen-bond acceptors (Lipinski definition) is 5. The molecular formula is C12H19NO5. The maximum absolute atomic E-state index is 11.4. The molecule has 0 radical (unpaired) electrons. The number of unbranched alkanes of at least 4 members (excludes halogenated alkanes) is 1. The van der Waals surface area contributed by atoms with Gasteiger partial charge in [-0.05, 0) is 25.8 Å². The van der Waals surface area contributed by atoms with Crippen LogP contribution in [0.25, 0.3) is 0 Å². The smallest absolute Gasteiger partial charge is 0.374 e. The fourth-order valence-corrected chi connectivity index (χ4v) is 1.12. The Hall–Kier alpha value is -1.85. The number of esters is 2. The van der Waals surface area contributed by atoms with E-state index in [4.69, 9.17) is 9.47 Å². The number of allylic oxidation sites excluding steroid dienone is 1. The van der Waals surface area contributed by atoms with Gasteiger partial charge in [-0.3, -0.25) is 9.59 Å². The summed E-state index contributed by atoms with van der Waals surface area (Å²) in [5.41, 5.74) is 0. The highest BCUT2D eigenvalue weighted by Gasteiger charge is 2.13. The molecule has 0 aliphatic heterocycles. The van der Waals surface area contributed by atoms with Crippen molar-refractivity contribution in [2.24, 2.45) is 0 Å². The summed E-state index contributed by atoms with van der Waals surface area (Å²) < 4.78 is 9.50. The van der Waals surface area contributed by atoms with E-state index < -0.39 is 11.9 Å². The normalized spacial score (nSPS) is 10.7. The van der Waals surface area contributed by atoms with Gasteiger partial charge in [0.2, 0.25) is 11.7 Å². The van der Waals surface area contributed by atoms with Gasteiger partial charge in [-0.15, -0.1) is 0 Å². The highest BCUT2D eigenvalue weighted by Crippen LogP contribution is 2.05. The van der Waals surface area contributed by atoms with Crippen LogP contribution in [0.15, 0.2) is 11.8 Å². The Balaban J connectivity index is 4.23. The van der Waals surface area contributed by atoms with E-state index in [0.29, 0.717) is 19.4 Å². The van der Waals surface area contributed by atoms with Crippen molar-refractivity contribution in [3.8, 4) is 0 Å². The molecule has 0 fully saturated rings. The van der Waals surface area contributed by atoms with Gasteiger partial charge in [-0.25, -0.2) is 4.79 Å². The molecule has 18 heavy (non-hydrogen) atoms. The third kappa shape index (κ3) is 8.32. The van der Waals surface area contributed by atoms with Crippen molar-refractivity contribution >= 4 is 17.8 Å². The van der Waals surface area contributed by atoms with Gasteiger partial charge in [0, 0.05) is 20.4 Å². The van der Waals surface area contributed by atoms with Gasteiger partial charge >= 0.3 is 11.9 Å². The van der Waals surface area contributed by atoms with Crippen molar-refractivity contribution in [3.63, 3.8) is 0 Å². The lowest BCUT2D eigenvalue weighted by Crippen LogP contribution is -2.20. The van der Waals surface area contributed by atoms with E-state index >= 15 is 0 Å². The second kappa shape index (κ2) is 9.21. The molecule has 0 aromatic heterocycles. The second-order valence-corrected chi connectivity index (χ2v) is 3.51.